The summed E-state index contributed by atoms with van der Waals surface area (Å²) in [5, 5.41) is 7.08. The van der Waals surface area contributed by atoms with Gasteiger partial charge in [0.05, 0.1) is 28.0 Å². The summed E-state index contributed by atoms with van der Waals surface area (Å²) in [6.45, 7) is 0.409. The van der Waals surface area contributed by atoms with Crippen molar-refractivity contribution in [3.05, 3.63) is 104 Å². The van der Waals surface area contributed by atoms with Gasteiger partial charge >= 0.3 is 0 Å². The van der Waals surface area contributed by atoms with Gasteiger partial charge in [-0.1, -0.05) is 42.5 Å². The molecule has 1 aliphatic carbocycles. The molecule has 0 aromatic heterocycles. The van der Waals surface area contributed by atoms with Crippen LogP contribution in [0.15, 0.2) is 71.8 Å². The number of hydrazone groups is 1. The van der Waals surface area contributed by atoms with E-state index in [0.717, 1.165) is 37.8 Å². The molecule has 0 fully saturated rings. The maximum Gasteiger partial charge on any atom is 0.282 e. The molecule has 0 unspecified atom stereocenters. The lowest BCUT2D eigenvalue weighted by Gasteiger charge is -2.23. The fourth-order valence-corrected chi connectivity index (χ4v) is 5.70. The molecule has 4 aromatic rings. The van der Waals surface area contributed by atoms with Gasteiger partial charge in [-0.2, -0.15) is 10.1 Å². The molecule has 7 heteroatoms. The third-order valence-electron chi connectivity index (χ3n) is 6.64. The number of carbonyl (C=O) groups excluding carboxylic acids is 2. The predicted molar refractivity (Wildman–Crippen MR) is 146 cm³/mol. The zero-order chi connectivity index (χ0) is 24.8. The maximum absolute atomic E-state index is 13.3. The van der Waals surface area contributed by atoms with Gasteiger partial charge in [0.2, 0.25) is 0 Å². The number of benzene rings is 4. The molecule has 4 aromatic carbocycles. The second kappa shape index (κ2) is 9.05. The molecule has 1 heterocycles. The van der Waals surface area contributed by atoms with Crippen LogP contribution in [0.2, 0.25) is 0 Å². The summed E-state index contributed by atoms with van der Waals surface area (Å²) in [5.41, 5.74) is 5.15. The summed E-state index contributed by atoms with van der Waals surface area (Å²) >= 11 is 2.18. The molecule has 0 radical (unpaired) electrons. The van der Waals surface area contributed by atoms with E-state index >= 15 is 0 Å². The Morgan fingerprint density at radius 1 is 0.917 bits per heavy atom. The van der Waals surface area contributed by atoms with Gasteiger partial charge in [0.15, 0.2) is 11.5 Å². The normalized spacial score (nSPS) is 14.2. The van der Waals surface area contributed by atoms with Crippen molar-refractivity contribution in [3.63, 3.8) is 0 Å². The Morgan fingerprint density at radius 2 is 1.58 bits per heavy atom. The Labute approximate surface area is 221 Å². The van der Waals surface area contributed by atoms with Crippen molar-refractivity contribution in [3.8, 4) is 11.5 Å². The highest BCUT2D eigenvalue weighted by Crippen LogP contribution is 2.38. The fourth-order valence-electron chi connectivity index (χ4n) is 4.92. The minimum absolute atomic E-state index is 0.409. The van der Waals surface area contributed by atoms with Crippen LogP contribution < -0.4 is 9.47 Å². The van der Waals surface area contributed by atoms with Gasteiger partial charge in [-0.05, 0) is 87.3 Å². The smallest absolute Gasteiger partial charge is 0.282 e. The summed E-state index contributed by atoms with van der Waals surface area (Å²) in [4.78, 5) is 26.6. The van der Waals surface area contributed by atoms with Crippen LogP contribution in [0.1, 0.15) is 43.0 Å². The van der Waals surface area contributed by atoms with Crippen molar-refractivity contribution in [1.29, 1.82) is 0 Å². The summed E-state index contributed by atoms with van der Waals surface area (Å²) in [5.74, 6) is 0.346. The van der Waals surface area contributed by atoms with Crippen molar-refractivity contribution in [1.82, 2.24) is 5.01 Å². The summed E-state index contributed by atoms with van der Waals surface area (Å²) in [6, 6.07) is 21.2. The minimum atomic E-state index is -0.413. The number of carbonyl (C=O) groups is 2. The van der Waals surface area contributed by atoms with Crippen molar-refractivity contribution >= 4 is 51.4 Å². The van der Waals surface area contributed by atoms with E-state index in [0.29, 0.717) is 34.8 Å². The van der Waals surface area contributed by atoms with E-state index in [1.165, 1.54) is 17.3 Å². The largest absolute Gasteiger partial charge is 0.493 e. The second-order valence-corrected chi connectivity index (χ2v) is 9.93. The molecule has 0 N–H and O–H groups in total. The molecule has 0 bridgehead atoms. The Morgan fingerprint density at radius 3 is 2.22 bits per heavy atom. The Kier molecular flexibility index (Phi) is 5.72. The van der Waals surface area contributed by atoms with Gasteiger partial charge in [-0.25, -0.2) is 0 Å². The number of amides is 2. The third-order valence-corrected chi connectivity index (χ3v) is 7.44. The van der Waals surface area contributed by atoms with E-state index in [9.17, 15) is 9.59 Å². The van der Waals surface area contributed by atoms with Crippen LogP contribution >= 0.6 is 22.6 Å². The van der Waals surface area contributed by atoms with Gasteiger partial charge in [0, 0.05) is 5.39 Å². The van der Waals surface area contributed by atoms with Crippen LogP contribution in [0.3, 0.4) is 0 Å². The van der Waals surface area contributed by atoms with Gasteiger partial charge in [-0.15, -0.1) is 0 Å². The van der Waals surface area contributed by atoms with E-state index < -0.39 is 11.8 Å². The predicted octanol–water partition coefficient (Wildman–Crippen LogP) is 5.76. The molecule has 178 valence electrons. The van der Waals surface area contributed by atoms with E-state index in [-0.39, 0.29) is 0 Å². The van der Waals surface area contributed by atoms with Gasteiger partial charge in [-0.3, -0.25) is 9.59 Å². The standard InChI is InChI=1S/C29H21IN2O4/c1-35-24-14-18(13-23(30)27(24)36-16-17-5-3-2-4-6-17)15-31-32-28(33)21-11-9-19-7-8-20-10-12-22(29(32)34)26(21)25(19)20/h2-6,9-15H,7-8,16H2,1H3. The summed E-state index contributed by atoms with van der Waals surface area (Å²) < 4.78 is 12.4. The lowest BCUT2D eigenvalue weighted by Crippen LogP contribution is -2.36. The van der Waals surface area contributed by atoms with Crippen LogP contribution in [0.25, 0.3) is 10.8 Å². The Balaban J connectivity index is 1.30. The molecule has 0 saturated carbocycles. The number of hydrogen-bond acceptors (Lipinski definition) is 5. The average molecular weight is 588 g/mol. The Hall–Kier alpha value is -3.72. The van der Waals surface area contributed by atoms with Crippen molar-refractivity contribution < 1.29 is 19.1 Å². The molecule has 0 atom stereocenters. The van der Waals surface area contributed by atoms with Crippen molar-refractivity contribution in [2.24, 2.45) is 5.10 Å². The lowest BCUT2D eigenvalue weighted by molar-refractivity contribution is 0.0616. The highest BCUT2D eigenvalue weighted by Gasteiger charge is 2.35. The number of halogens is 1. The number of ether oxygens (including phenoxy) is 2. The van der Waals surface area contributed by atoms with Crippen LogP contribution in [0, 0.1) is 3.57 Å². The van der Waals surface area contributed by atoms with Crippen molar-refractivity contribution in [2.45, 2.75) is 19.4 Å². The molecular formula is C29H21IN2O4. The molecule has 36 heavy (non-hydrogen) atoms. The van der Waals surface area contributed by atoms with Crippen LogP contribution in [-0.4, -0.2) is 30.1 Å². The molecule has 1 aliphatic heterocycles. The van der Waals surface area contributed by atoms with Gasteiger partial charge in [0.25, 0.3) is 11.8 Å². The van der Waals surface area contributed by atoms with Gasteiger partial charge < -0.3 is 9.47 Å². The summed E-state index contributed by atoms with van der Waals surface area (Å²) in [6.07, 6.45) is 3.38. The van der Waals surface area contributed by atoms with E-state index in [2.05, 4.69) is 27.7 Å². The fraction of sp³-hybridized carbons (Fsp3) is 0.138. The van der Waals surface area contributed by atoms with Crippen LogP contribution in [0.4, 0.5) is 0 Å². The third kappa shape index (κ3) is 3.74. The molecule has 2 aliphatic rings. The lowest BCUT2D eigenvalue weighted by atomic mass is 9.92. The first-order valence-electron chi connectivity index (χ1n) is 11.6. The molecule has 0 spiro atoms. The molecule has 6 rings (SSSR count). The van der Waals surface area contributed by atoms with Gasteiger partial charge in [0.1, 0.15) is 6.61 Å². The van der Waals surface area contributed by atoms with E-state index in [1.807, 2.05) is 60.7 Å². The molecule has 0 saturated heterocycles. The molecule has 6 nitrogen and oxygen atoms in total. The number of hydrogen-bond donors (Lipinski definition) is 0. The first kappa shape index (κ1) is 22.7. The number of nitrogens with zero attached hydrogens (tertiary/aromatic N) is 2. The number of methoxy groups -OCH3 is 1. The Bertz CT molecular complexity index is 1520. The maximum atomic E-state index is 13.3. The minimum Gasteiger partial charge on any atom is -0.493 e. The first-order chi connectivity index (χ1) is 17.5. The molecule has 2 amide bonds. The first-order valence-corrected chi connectivity index (χ1v) is 12.7. The summed E-state index contributed by atoms with van der Waals surface area (Å²) in [7, 11) is 1.58. The van der Waals surface area contributed by atoms with Crippen LogP contribution in [-0.2, 0) is 19.4 Å². The number of imide groups is 1. The van der Waals surface area contributed by atoms with Crippen molar-refractivity contribution in [2.75, 3.05) is 7.11 Å². The number of aryl methyl sites for hydroxylation is 2. The second-order valence-electron chi connectivity index (χ2n) is 8.77. The molecular weight excluding hydrogens is 567 g/mol. The topological polar surface area (TPSA) is 68.2 Å². The SMILES string of the molecule is COc1cc(C=NN2C(=O)c3ccc4c5c(ccc(c35)C2=O)CC4)cc(I)c1OCc1ccccc1. The zero-order valence-electron chi connectivity index (χ0n) is 19.5. The zero-order valence-corrected chi connectivity index (χ0v) is 21.6. The van der Waals surface area contributed by atoms with E-state index in [1.54, 1.807) is 13.2 Å². The highest BCUT2D eigenvalue weighted by molar-refractivity contribution is 14.1. The van der Waals surface area contributed by atoms with Crippen LogP contribution in [0.5, 0.6) is 11.5 Å². The highest BCUT2D eigenvalue weighted by atomic mass is 127. The quantitative estimate of drug-likeness (QED) is 0.163. The average Bonchev–Trinajstić information content (AvgIpc) is 3.33. The van der Waals surface area contributed by atoms with E-state index in [4.69, 9.17) is 9.47 Å². The number of rotatable bonds is 6. The monoisotopic (exact) mass is 588 g/mol.